The molecule has 2 aromatic rings. The number of amidine groups is 1. The van der Waals surface area contributed by atoms with Gasteiger partial charge in [-0.25, -0.2) is 15.0 Å². The second-order valence-corrected chi connectivity index (χ2v) is 10.3. The van der Waals surface area contributed by atoms with Gasteiger partial charge in [0.05, 0.1) is 5.02 Å². The molecule has 0 aromatic carbocycles. The molecule has 0 unspecified atom stereocenters. The van der Waals surface area contributed by atoms with E-state index in [1.807, 2.05) is 42.5 Å². The summed E-state index contributed by atoms with van der Waals surface area (Å²) < 4.78 is 0. The number of fused-ring (bicyclic) bond motifs is 3. The Morgan fingerprint density at radius 2 is 1.89 bits per heavy atom. The number of anilines is 1. The number of nitrogens with zero attached hydrogens (tertiary/aromatic N) is 6. The van der Waals surface area contributed by atoms with Gasteiger partial charge in [-0.1, -0.05) is 11.6 Å². The van der Waals surface area contributed by atoms with Gasteiger partial charge in [-0.15, -0.1) is 0 Å². The van der Waals surface area contributed by atoms with Crippen LogP contribution in [0.5, 0.6) is 0 Å². The Kier molecular flexibility index (Phi) is 5.25. The molecule has 0 amide bonds. The maximum Gasteiger partial charge on any atom is 0.142 e. The first-order valence-corrected chi connectivity index (χ1v) is 12.4. The number of piperidine rings is 1. The summed E-state index contributed by atoms with van der Waals surface area (Å²) >= 11 is 6.46. The summed E-state index contributed by atoms with van der Waals surface area (Å²) in [4.78, 5) is 22.8. The van der Waals surface area contributed by atoms with E-state index in [1.54, 1.807) is 6.20 Å². The normalized spacial score (nSPS) is 24.4. The Bertz CT molecular complexity index is 1360. The average Bonchev–Trinajstić information content (AvgIpc) is 3.19. The summed E-state index contributed by atoms with van der Waals surface area (Å²) in [7, 11) is 1.98. The number of allylic oxidation sites excluding steroid dienone is 3. The lowest BCUT2D eigenvalue weighted by Gasteiger charge is -2.40. The van der Waals surface area contributed by atoms with Crippen LogP contribution in [-0.2, 0) is 12.8 Å². The third kappa shape index (κ3) is 3.84. The minimum Gasteiger partial charge on any atom is -0.382 e. The van der Waals surface area contributed by atoms with Crippen molar-refractivity contribution in [3.63, 3.8) is 0 Å². The summed E-state index contributed by atoms with van der Waals surface area (Å²) in [6.07, 6.45) is 16.2. The number of nitrogens with two attached hydrogens (primary N) is 1. The first-order valence-electron chi connectivity index (χ1n) is 12.0. The smallest absolute Gasteiger partial charge is 0.142 e. The molecule has 0 saturated carbocycles. The van der Waals surface area contributed by atoms with Gasteiger partial charge in [0.1, 0.15) is 23.3 Å². The topological polar surface area (TPSA) is 83.0 Å². The number of aromatic nitrogens is 2. The molecule has 0 radical (unpaired) electrons. The lowest BCUT2D eigenvalue weighted by atomic mass is 9.76. The fraction of sp³-hybridized carbons (Fsp3) is 0.333. The van der Waals surface area contributed by atoms with Crippen molar-refractivity contribution in [2.24, 2.45) is 15.4 Å². The minimum absolute atomic E-state index is 0.310. The van der Waals surface area contributed by atoms with Crippen molar-refractivity contribution in [1.82, 2.24) is 19.8 Å². The van der Waals surface area contributed by atoms with Crippen LogP contribution < -0.4 is 5.73 Å². The van der Waals surface area contributed by atoms with Crippen molar-refractivity contribution in [2.45, 2.75) is 32.6 Å². The Labute approximate surface area is 210 Å². The molecule has 8 heteroatoms. The van der Waals surface area contributed by atoms with Crippen LogP contribution >= 0.6 is 11.6 Å². The van der Waals surface area contributed by atoms with Crippen LogP contribution in [0.25, 0.3) is 5.57 Å². The number of halogens is 1. The van der Waals surface area contributed by atoms with Gasteiger partial charge in [-0.2, -0.15) is 0 Å². The second kappa shape index (κ2) is 8.34. The minimum atomic E-state index is 0.310. The van der Waals surface area contributed by atoms with Crippen LogP contribution in [-0.4, -0.2) is 52.0 Å². The zero-order valence-corrected chi connectivity index (χ0v) is 20.8. The SMILES string of the molecule is Cc1cc2c(cn1)CC1(CCN(C3=C\C=N/C4=C(c5ccnc(N)c5Cl)C=C\C(=N\3)N4C)CC1)C2. The van der Waals surface area contributed by atoms with E-state index in [0.29, 0.717) is 16.3 Å². The monoisotopic (exact) mass is 485 g/mol. The highest BCUT2D eigenvalue weighted by molar-refractivity contribution is 6.34. The zero-order valence-electron chi connectivity index (χ0n) is 20.0. The molecule has 178 valence electrons. The highest BCUT2D eigenvalue weighted by atomic mass is 35.5. The van der Waals surface area contributed by atoms with E-state index >= 15 is 0 Å². The van der Waals surface area contributed by atoms with Crippen LogP contribution in [0.4, 0.5) is 5.82 Å². The van der Waals surface area contributed by atoms with Gasteiger partial charge in [-0.3, -0.25) is 4.98 Å². The Morgan fingerprint density at radius 3 is 2.71 bits per heavy atom. The van der Waals surface area contributed by atoms with Crippen LogP contribution in [0, 0.1) is 12.3 Å². The second-order valence-electron chi connectivity index (χ2n) is 9.90. The lowest BCUT2D eigenvalue weighted by Crippen LogP contribution is -2.40. The summed E-state index contributed by atoms with van der Waals surface area (Å²) in [6.45, 7) is 4.06. The van der Waals surface area contributed by atoms with Gasteiger partial charge in [0.15, 0.2) is 0 Å². The standard InChI is InChI=1S/C27H28ClN7/c1-17-13-18-14-27(15-19(18)16-32-17)7-11-35(12-8-27)23-6-10-31-26-21(3-4-22(33-23)34(26)2)20-5-9-30-25(29)24(20)28/h3-6,9-10,13,16H,7-8,11-12,14-15H2,1-2H3,(H2,29,30)/b10-6?,23-6-,31-10-,31-26?,33-22-,33-23?. The summed E-state index contributed by atoms with van der Waals surface area (Å²) in [5, 5.41) is 0.434. The first kappa shape index (κ1) is 22.0. The van der Waals surface area contributed by atoms with Crippen molar-refractivity contribution in [1.29, 1.82) is 0 Å². The molecule has 2 bridgehead atoms. The number of aliphatic imine (C=N–C) groups is 2. The van der Waals surface area contributed by atoms with Gasteiger partial charge < -0.3 is 15.5 Å². The summed E-state index contributed by atoms with van der Waals surface area (Å²) in [5.74, 6) is 2.89. The number of likely N-dealkylation sites (tertiary alicyclic amines) is 1. The molecular formula is C27H28ClN7. The van der Waals surface area contributed by atoms with Crippen molar-refractivity contribution < 1.29 is 0 Å². The molecule has 6 rings (SSSR count). The predicted molar refractivity (Wildman–Crippen MR) is 141 cm³/mol. The maximum absolute atomic E-state index is 6.46. The van der Waals surface area contributed by atoms with Gasteiger partial charge >= 0.3 is 0 Å². The maximum atomic E-state index is 6.46. The van der Waals surface area contributed by atoms with E-state index in [4.69, 9.17) is 27.3 Å². The third-order valence-corrected chi connectivity index (χ3v) is 8.05. The van der Waals surface area contributed by atoms with Crippen LogP contribution in [0.15, 0.2) is 64.4 Å². The molecule has 4 aliphatic rings. The van der Waals surface area contributed by atoms with E-state index in [1.165, 1.54) is 17.5 Å². The van der Waals surface area contributed by atoms with Crippen LogP contribution in [0.1, 0.15) is 35.2 Å². The summed E-state index contributed by atoms with van der Waals surface area (Å²) in [5.41, 5.74) is 12.0. The number of aryl methyl sites for hydroxylation is 1. The van der Waals surface area contributed by atoms with E-state index in [-0.39, 0.29) is 0 Å². The third-order valence-electron chi connectivity index (χ3n) is 7.66. The number of pyridine rings is 2. The number of likely N-dealkylation sites (N-methyl/N-ethyl adjacent to an activating group) is 1. The van der Waals surface area contributed by atoms with Gasteiger partial charge in [0.25, 0.3) is 0 Å². The molecule has 0 atom stereocenters. The average molecular weight is 486 g/mol. The van der Waals surface area contributed by atoms with E-state index in [9.17, 15) is 0 Å². The van der Waals surface area contributed by atoms with Crippen molar-refractivity contribution >= 4 is 35.0 Å². The van der Waals surface area contributed by atoms with Crippen LogP contribution in [0.2, 0.25) is 5.02 Å². The molecule has 7 nitrogen and oxygen atoms in total. The predicted octanol–water partition coefficient (Wildman–Crippen LogP) is 4.40. The number of hydrogen-bond donors (Lipinski definition) is 1. The fourth-order valence-corrected chi connectivity index (χ4v) is 5.90. The Morgan fingerprint density at radius 1 is 1.09 bits per heavy atom. The lowest BCUT2D eigenvalue weighted by molar-refractivity contribution is 0.135. The van der Waals surface area contributed by atoms with Gasteiger partial charge in [0, 0.05) is 55.6 Å². The molecular weight excluding hydrogens is 458 g/mol. The van der Waals surface area contributed by atoms with E-state index in [0.717, 1.165) is 66.7 Å². The molecule has 1 saturated heterocycles. The molecule has 35 heavy (non-hydrogen) atoms. The highest BCUT2D eigenvalue weighted by Crippen LogP contribution is 2.45. The van der Waals surface area contributed by atoms with E-state index < -0.39 is 0 Å². The van der Waals surface area contributed by atoms with Gasteiger partial charge in [0.2, 0.25) is 0 Å². The quantitative estimate of drug-likeness (QED) is 0.681. The van der Waals surface area contributed by atoms with E-state index in [2.05, 4.69) is 34.1 Å². The molecule has 1 spiro atoms. The first-order chi connectivity index (χ1) is 16.9. The highest BCUT2D eigenvalue weighted by Gasteiger charge is 2.40. The number of rotatable bonds is 2. The van der Waals surface area contributed by atoms with Crippen LogP contribution in [0.3, 0.4) is 0 Å². The zero-order chi connectivity index (χ0) is 24.2. The largest absolute Gasteiger partial charge is 0.382 e. The van der Waals surface area contributed by atoms with Crippen molar-refractivity contribution in [3.05, 3.63) is 81.8 Å². The Hall–Kier alpha value is -3.45. The number of hydrogen-bond acceptors (Lipinski definition) is 7. The number of nitrogen functional groups attached to an aromatic ring is 1. The molecule has 2 aromatic heterocycles. The van der Waals surface area contributed by atoms with Gasteiger partial charge in [-0.05, 0) is 79.5 Å². The molecule has 2 N–H and O–H groups in total. The van der Waals surface area contributed by atoms with Crippen molar-refractivity contribution in [3.8, 4) is 0 Å². The molecule has 3 aliphatic heterocycles. The molecule has 1 fully saturated rings. The van der Waals surface area contributed by atoms with Crippen molar-refractivity contribution in [2.75, 3.05) is 25.9 Å². The summed E-state index contributed by atoms with van der Waals surface area (Å²) in [6, 6.07) is 4.13. The molecule has 5 heterocycles. The molecule has 1 aliphatic carbocycles. The Balaban J connectivity index is 1.24. The fourth-order valence-electron chi connectivity index (χ4n) is 5.69.